The Bertz CT molecular complexity index is 316. The minimum atomic E-state index is 1.17. The first-order valence-electron chi connectivity index (χ1n) is 4.72. The van der Waals surface area contributed by atoms with E-state index in [4.69, 9.17) is 0 Å². The molecule has 0 saturated heterocycles. The molecule has 2 aliphatic rings. The first kappa shape index (κ1) is 9.18. The number of hydrogen-bond acceptors (Lipinski definition) is 0. The van der Waals surface area contributed by atoms with Crippen molar-refractivity contribution in [1.29, 1.82) is 0 Å². The molecule has 1 heteroatoms. The van der Waals surface area contributed by atoms with E-state index in [1.54, 1.807) is 15.2 Å². The predicted octanol–water partition coefficient (Wildman–Crippen LogP) is 3.41. The molecule has 0 aliphatic heterocycles. The van der Waals surface area contributed by atoms with Crippen molar-refractivity contribution in [3.8, 4) is 0 Å². The van der Waals surface area contributed by atoms with Gasteiger partial charge in [-0.1, -0.05) is 0 Å². The van der Waals surface area contributed by atoms with Crippen molar-refractivity contribution in [2.45, 2.75) is 25.7 Å². The zero-order chi connectivity index (χ0) is 9.10. The molecule has 0 aromatic carbocycles. The first-order valence-corrected chi connectivity index (χ1v) is 5.92. The topological polar surface area (TPSA) is 0 Å². The van der Waals surface area contributed by atoms with Gasteiger partial charge in [-0.3, -0.25) is 0 Å². The van der Waals surface area contributed by atoms with Gasteiger partial charge in [0.25, 0.3) is 0 Å². The van der Waals surface area contributed by atoms with Crippen molar-refractivity contribution in [2.75, 3.05) is 0 Å². The van der Waals surface area contributed by atoms with E-state index in [0.29, 0.717) is 0 Å². The predicted molar refractivity (Wildman–Crippen MR) is 51.9 cm³/mol. The van der Waals surface area contributed by atoms with E-state index >= 15 is 0 Å². The second kappa shape index (κ2) is 4.21. The van der Waals surface area contributed by atoms with Crippen LogP contribution in [-0.4, -0.2) is 0 Å². The quantitative estimate of drug-likeness (QED) is 0.717. The zero-order valence-corrected chi connectivity index (χ0v) is 9.94. The molecule has 0 amide bonds. The van der Waals surface area contributed by atoms with Crippen LogP contribution in [0, 0.1) is 0 Å². The Balaban J connectivity index is 2.05. The van der Waals surface area contributed by atoms with E-state index in [-0.39, 0.29) is 0 Å². The zero-order valence-electron chi connectivity index (χ0n) is 7.55. The van der Waals surface area contributed by atoms with E-state index in [0.717, 1.165) is 0 Å². The molecule has 0 nitrogen and oxygen atoms in total. The van der Waals surface area contributed by atoms with E-state index < -0.39 is 0 Å². The molecule has 70 valence electrons. The van der Waals surface area contributed by atoms with Gasteiger partial charge in [-0.25, -0.2) is 0 Å². The van der Waals surface area contributed by atoms with Crippen LogP contribution >= 0.6 is 0 Å². The van der Waals surface area contributed by atoms with Gasteiger partial charge in [-0.05, 0) is 0 Å². The maximum absolute atomic E-state index is 2.29. The van der Waals surface area contributed by atoms with E-state index in [1.165, 1.54) is 25.7 Å². The van der Waals surface area contributed by atoms with Crippen molar-refractivity contribution in [1.82, 2.24) is 0 Å². The van der Waals surface area contributed by atoms with Crippen LogP contribution in [0.25, 0.3) is 0 Å². The van der Waals surface area contributed by atoms with Gasteiger partial charge in [0.05, 0.1) is 0 Å². The molecule has 0 saturated carbocycles. The molecule has 0 spiro atoms. The summed E-state index contributed by atoms with van der Waals surface area (Å²) in [6, 6.07) is 0. The fourth-order valence-corrected chi connectivity index (χ4v) is 2.41. The van der Waals surface area contributed by atoms with Gasteiger partial charge in [-0.2, -0.15) is 0 Å². The normalized spacial score (nSPS) is 21.2. The summed E-state index contributed by atoms with van der Waals surface area (Å²) in [7, 11) is 0. The first-order chi connectivity index (χ1) is 6.36. The molecular formula is C12H13Ir. The van der Waals surface area contributed by atoms with Gasteiger partial charge >= 0.3 is 90.2 Å². The molecule has 0 atom stereocenters. The Hall–Kier alpha value is -0.391. The third-order valence-electron chi connectivity index (χ3n) is 2.46. The molecule has 0 heterocycles. The van der Waals surface area contributed by atoms with Gasteiger partial charge in [-0.15, -0.1) is 0 Å². The van der Waals surface area contributed by atoms with Gasteiger partial charge in [0.1, 0.15) is 0 Å². The Kier molecular flexibility index (Phi) is 2.97. The van der Waals surface area contributed by atoms with Gasteiger partial charge in [0.15, 0.2) is 0 Å². The second-order valence-corrected chi connectivity index (χ2v) is 4.92. The van der Waals surface area contributed by atoms with Gasteiger partial charge in [0, 0.05) is 0 Å². The van der Waals surface area contributed by atoms with Crippen molar-refractivity contribution in [2.24, 2.45) is 0 Å². The molecule has 2 aliphatic carbocycles. The van der Waals surface area contributed by atoms with E-state index in [1.807, 2.05) is 0 Å². The molecule has 0 aromatic heterocycles. The summed E-state index contributed by atoms with van der Waals surface area (Å²) in [6.45, 7) is 0. The molecule has 0 unspecified atom stereocenters. The monoisotopic (exact) mass is 350 g/mol. The van der Waals surface area contributed by atoms with Crippen molar-refractivity contribution >= 4 is 0 Å². The second-order valence-electron chi connectivity index (χ2n) is 3.48. The van der Waals surface area contributed by atoms with Gasteiger partial charge < -0.3 is 0 Å². The number of allylic oxidation sites excluding steroid dienone is 8. The summed E-state index contributed by atoms with van der Waals surface area (Å²) in [5.41, 5.74) is 3.13. The van der Waals surface area contributed by atoms with Crippen LogP contribution in [0.2, 0.25) is 0 Å². The molecule has 0 fully saturated rings. The fourth-order valence-electron chi connectivity index (χ4n) is 1.71. The fraction of sp³-hybridized carbons (Fsp3) is 0.333. The average molecular weight is 349 g/mol. The Morgan fingerprint density at radius 3 is 2.85 bits per heavy atom. The van der Waals surface area contributed by atoms with Crippen molar-refractivity contribution < 1.29 is 18.9 Å². The van der Waals surface area contributed by atoms with Crippen molar-refractivity contribution in [3.63, 3.8) is 0 Å². The SMILES string of the molecule is [Ir][C]1=C(CC2=CC=CCC2)C=CC1. The van der Waals surface area contributed by atoms with E-state index in [9.17, 15) is 0 Å². The van der Waals surface area contributed by atoms with Crippen molar-refractivity contribution in [3.05, 3.63) is 45.6 Å². The summed E-state index contributed by atoms with van der Waals surface area (Å²) in [5, 5.41) is 0. The molecule has 0 bridgehead atoms. The number of rotatable bonds is 2. The van der Waals surface area contributed by atoms with Crippen LogP contribution in [-0.2, 0) is 18.9 Å². The van der Waals surface area contributed by atoms with Crippen LogP contribution in [0.4, 0.5) is 0 Å². The van der Waals surface area contributed by atoms with Crippen LogP contribution in [0.1, 0.15) is 25.7 Å². The van der Waals surface area contributed by atoms with Crippen LogP contribution in [0.3, 0.4) is 0 Å². The summed E-state index contributed by atoms with van der Waals surface area (Å²) >= 11 is 2.24. The third-order valence-corrected chi connectivity index (χ3v) is 3.72. The summed E-state index contributed by atoms with van der Waals surface area (Å²) in [5.74, 6) is 0. The number of hydrogen-bond donors (Lipinski definition) is 0. The van der Waals surface area contributed by atoms with Crippen LogP contribution < -0.4 is 0 Å². The molecule has 13 heavy (non-hydrogen) atoms. The standard InChI is InChI=1S/C12H13.Ir/c1-2-6-11(7-3-1)10-12-8-4-5-9-12;/h1-2,4,6,8H,3,5,7,10H2;. The Labute approximate surface area is 90.3 Å². The molecular weight excluding hydrogens is 336 g/mol. The van der Waals surface area contributed by atoms with E-state index in [2.05, 4.69) is 49.3 Å². The van der Waals surface area contributed by atoms with Crippen LogP contribution in [0.5, 0.6) is 0 Å². The minimum absolute atomic E-state index is 1.17. The average Bonchev–Trinajstić information content (AvgIpc) is 2.54. The summed E-state index contributed by atoms with van der Waals surface area (Å²) in [4.78, 5) is 0. The summed E-state index contributed by atoms with van der Waals surface area (Å²) < 4.78 is 1.55. The summed E-state index contributed by atoms with van der Waals surface area (Å²) in [6.07, 6.45) is 16.1. The Morgan fingerprint density at radius 1 is 1.31 bits per heavy atom. The molecule has 0 radical (unpaired) electrons. The Morgan fingerprint density at radius 2 is 2.23 bits per heavy atom. The maximum atomic E-state index is 2.29. The third kappa shape index (κ3) is 2.30. The molecule has 0 aromatic rings. The van der Waals surface area contributed by atoms with Gasteiger partial charge in [0.2, 0.25) is 0 Å². The molecule has 0 N–H and O–H groups in total. The van der Waals surface area contributed by atoms with Crippen LogP contribution in [0.15, 0.2) is 45.6 Å². The molecule has 2 rings (SSSR count).